The summed E-state index contributed by atoms with van der Waals surface area (Å²) in [4.78, 5) is 0. The van der Waals surface area contributed by atoms with Crippen molar-refractivity contribution in [3.63, 3.8) is 0 Å². The zero-order valence-corrected chi connectivity index (χ0v) is 11.3. The van der Waals surface area contributed by atoms with Gasteiger partial charge in [-0.2, -0.15) is 0 Å². The summed E-state index contributed by atoms with van der Waals surface area (Å²) in [5, 5.41) is 13.5. The van der Waals surface area contributed by atoms with Gasteiger partial charge in [0.1, 0.15) is 0 Å². The highest BCUT2D eigenvalue weighted by molar-refractivity contribution is 4.80. The van der Waals surface area contributed by atoms with Crippen LogP contribution in [0.25, 0.3) is 0 Å². The number of nitrogens with one attached hydrogen (secondary N) is 1. The van der Waals surface area contributed by atoms with Gasteiger partial charge in [-0.25, -0.2) is 0 Å². The Hall–Kier alpha value is -0.0800. The summed E-state index contributed by atoms with van der Waals surface area (Å²) >= 11 is 0. The van der Waals surface area contributed by atoms with Gasteiger partial charge in [0.05, 0.1) is 5.60 Å². The van der Waals surface area contributed by atoms with Crippen LogP contribution in [-0.4, -0.2) is 23.3 Å². The van der Waals surface area contributed by atoms with Crippen LogP contribution in [0, 0.1) is 11.8 Å². The summed E-state index contributed by atoms with van der Waals surface area (Å²) in [5.41, 5.74) is -0.594. The van der Waals surface area contributed by atoms with Crippen molar-refractivity contribution in [2.45, 2.75) is 66.0 Å². The monoisotopic (exact) mass is 215 g/mol. The summed E-state index contributed by atoms with van der Waals surface area (Å²) in [6.45, 7) is 13.4. The molecular weight excluding hydrogens is 186 g/mol. The second-order valence-corrected chi connectivity index (χ2v) is 5.54. The minimum Gasteiger partial charge on any atom is -0.389 e. The van der Waals surface area contributed by atoms with Crippen LogP contribution in [0.3, 0.4) is 0 Å². The van der Waals surface area contributed by atoms with E-state index in [1.54, 1.807) is 0 Å². The lowest BCUT2D eigenvalue weighted by Gasteiger charge is -2.30. The molecule has 0 aliphatic rings. The van der Waals surface area contributed by atoms with E-state index in [0.29, 0.717) is 18.5 Å². The van der Waals surface area contributed by atoms with Crippen LogP contribution >= 0.6 is 0 Å². The molecule has 0 saturated heterocycles. The molecule has 2 N–H and O–H groups in total. The second-order valence-electron chi connectivity index (χ2n) is 5.54. The van der Waals surface area contributed by atoms with E-state index in [-0.39, 0.29) is 0 Å². The fourth-order valence-electron chi connectivity index (χ4n) is 1.44. The molecule has 3 unspecified atom stereocenters. The number of aliphatic hydroxyl groups is 1. The van der Waals surface area contributed by atoms with Crippen molar-refractivity contribution in [3.05, 3.63) is 0 Å². The standard InChI is InChI=1S/C13H29NO/c1-7-11(4)8-12(5)14-9-13(6,15)10(2)3/h10-12,14-15H,7-9H2,1-6H3. The fraction of sp³-hybridized carbons (Fsp3) is 1.00. The molecular formula is C13H29NO. The molecule has 0 aromatic rings. The normalized spacial score (nSPS) is 20.0. The highest BCUT2D eigenvalue weighted by Crippen LogP contribution is 2.16. The number of hydrogen-bond donors (Lipinski definition) is 2. The molecule has 3 atom stereocenters. The lowest BCUT2D eigenvalue weighted by atomic mass is 9.92. The van der Waals surface area contributed by atoms with E-state index < -0.39 is 5.60 Å². The molecule has 0 saturated carbocycles. The van der Waals surface area contributed by atoms with E-state index in [4.69, 9.17) is 0 Å². The van der Waals surface area contributed by atoms with E-state index in [1.165, 1.54) is 12.8 Å². The number of hydrogen-bond acceptors (Lipinski definition) is 2. The van der Waals surface area contributed by atoms with E-state index in [2.05, 4.69) is 39.9 Å². The van der Waals surface area contributed by atoms with Crippen LogP contribution in [0.4, 0.5) is 0 Å². The molecule has 0 radical (unpaired) electrons. The minimum absolute atomic E-state index is 0.292. The molecule has 2 heteroatoms. The molecule has 0 bridgehead atoms. The maximum atomic E-state index is 10.1. The molecule has 0 heterocycles. The molecule has 0 aromatic carbocycles. The molecule has 0 aliphatic heterocycles. The van der Waals surface area contributed by atoms with Crippen LogP contribution in [0.5, 0.6) is 0 Å². The van der Waals surface area contributed by atoms with Gasteiger partial charge in [0.15, 0.2) is 0 Å². The average molecular weight is 215 g/mol. The highest BCUT2D eigenvalue weighted by Gasteiger charge is 2.24. The van der Waals surface area contributed by atoms with Crippen molar-refractivity contribution in [1.29, 1.82) is 0 Å². The van der Waals surface area contributed by atoms with Crippen LogP contribution in [0.2, 0.25) is 0 Å². The van der Waals surface area contributed by atoms with E-state index in [0.717, 1.165) is 5.92 Å². The van der Waals surface area contributed by atoms with Crippen LogP contribution in [-0.2, 0) is 0 Å². The van der Waals surface area contributed by atoms with Crippen molar-refractivity contribution in [2.75, 3.05) is 6.54 Å². The van der Waals surface area contributed by atoms with Gasteiger partial charge in [-0.05, 0) is 32.1 Å². The predicted octanol–water partition coefficient (Wildman–Crippen LogP) is 2.81. The summed E-state index contributed by atoms with van der Waals surface area (Å²) < 4.78 is 0. The Morgan fingerprint density at radius 1 is 1.20 bits per heavy atom. The molecule has 0 aliphatic carbocycles. The third-order valence-electron chi connectivity index (χ3n) is 3.51. The van der Waals surface area contributed by atoms with Crippen molar-refractivity contribution in [1.82, 2.24) is 5.32 Å². The Labute approximate surface area is 95.5 Å². The smallest absolute Gasteiger partial charge is 0.0766 e. The highest BCUT2D eigenvalue weighted by atomic mass is 16.3. The SMILES string of the molecule is CCC(C)CC(C)NCC(C)(O)C(C)C. The summed E-state index contributed by atoms with van der Waals surface area (Å²) in [6.07, 6.45) is 2.41. The van der Waals surface area contributed by atoms with Crippen molar-refractivity contribution < 1.29 is 5.11 Å². The second kappa shape index (κ2) is 6.49. The Morgan fingerprint density at radius 2 is 1.73 bits per heavy atom. The topological polar surface area (TPSA) is 32.3 Å². The molecule has 0 fully saturated rings. The molecule has 15 heavy (non-hydrogen) atoms. The van der Waals surface area contributed by atoms with Crippen LogP contribution < -0.4 is 5.32 Å². The first-order chi connectivity index (χ1) is 6.79. The first-order valence-corrected chi connectivity index (χ1v) is 6.25. The summed E-state index contributed by atoms with van der Waals surface area (Å²) in [7, 11) is 0. The van der Waals surface area contributed by atoms with Gasteiger partial charge in [-0.1, -0.05) is 34.1 Å². The Balaban J connectivity index is 3.84. The van der Waals surface area contributed by atoms with Crippen LogP contribution in [0.15, 0.2) is 0 Å². The van der Waals surface area contributed by atoms with E-state index >= 15 is 0 Å². The predicted molar refractivity (Wildman–Crippen MR) is 67.0 cm³/mol. The molecule has 0 rings (SSSR count). The van der Waals surface area contributed by atoms with E-state index in [1.807, 2.05) is 6.92 Å². The zero-order chi connectivity index (χ0) is 12.1. The van der Waals surface area contributed by atoms with Crippen molar-refractivity contribution >= 4 is 0 Å². The molecule has 92 valence electrons. The lowest BCUT2D eigenvalue weighted by Crippen LogP contribution is -2.45. The van der Waals surface area contributed by atoms with Gasteiger partial charge in [0.2, 0.25) is 0 Å². The largest absolute Gasteiger partial charge is 0.389 e. The fourth-order valence-corrected chi connectivity index (χ4v) is 1.44. The van der Waals surface area contributed by atoms with Gasteiger partial charge in [0.25, 0.3) is 0 Å². The lowest BCUT2D eigenvalue weighted by molar-refractivity contribution is 0.0117. The molecule has 0 amide bonds. The zero-order valence-electron chi connectivity index (χ0n) is 11.3. The minimum atomic E-state index is -0.594. The van der Waals surface area contributed by atoms with Crippen molar-refractivity contribution in [2.24, 2.45) is 11.8 Å². The number of rotatable bonds is 7. The van der Waals surface area contributed by atoms with Crippen molar-refractivity contribution in [3.8, 4) is 0 Å². The van der Waals surface area contributed by atoms with Gasteiger partial charge in [-0.3, -0.25) is 0 Å². The van der Waals surface area contributed by atoms with Crippen LogP contribution in [0.1, 0.15) is 54.4 Å². The Morgan fingerprint density at radius 3 is 2.13 bits per heavy atom. The van der Waals surface area contributed by atoms with Gasteiger partial charge < -0.3 is 10.4 Å². The molecule has 2 nitrogen and oxygen atoms in total. The van der Waals surface area contributed by atoms with Gasteiger partial charge >= 0.3 is 0 Å². The van der Waals surface area contributed by atoms with E-state index in [9.17, 15) is 5.11 Å². The van der Waals surface area contributed by atoms with Gasteiger partial charge in [-0.15, -0.1) is 0 Å². The molecule has 0 aromatic heterocycles. The summed E-state index contributed by atoms with van der Waals surface area (Å²) in [5.74, 6) is 1.05. The maximum Gasteiger partial charge on any atom is 0.0766 e. The maximum absolute atomic E-state index is 10.1. The van der Waals surface area contributed by atoms with Gasteiger partial charge in [0, 0.05) is 12.6 Å². The first kappa shape index (κ1) is 14.9. The Bertz CT molecular complexity index is 166. The average Bonchev–Trinajstić information content (AvgIpc) is 2.14. The Kier molecular flexibility index (Phi) is 6.46. The quantitative estimate of drug-likeness (QED) is 0.684. The third kappa shape index (κ3) is 6.16. The molecule has 0 spiro atoms. The first-order valence-electron chi connectivity index (χ1n) is 6.25. The third-order valence-corrected chi connectivity index (χ3v) is 3.51. The summed E-state index contributed by atoms with van der Waals surface area (Å²) in [6, 6.07) is 0.491.